The normalized spacial score (nSPS) is 20.1. The van der Waals surface area contributed by atoms with Crippen LogP contribution in [0.4, 0.5) is 11.6 Å². The van der Waals surface area contributed by atoms with Crippen molar-refractivity contribution >= 4 is 52.5 Å². The molecule has 2 aromatic rings. The van der Waals surface area contributed by atoms with Crippen LogP contribution >= 0.6 is 35.0 Å². The van der Waals surface area contributed by atoms with Crippen LogP contribution in [0.15, 0.2) is 23.4 Å². The summed E-state index contributed by atoms with van der Waals surface area (Å²) in [5.74, 6) is 0.737. The van der Waals surface area contributed by atoms with Gasteiger partial charge in [-0.2, -0.15) is 0 Å². The summed E-state index contributed by atoms with van der Waals surface area (Å²) in [5, 5.41) is 13.1. The van der Waals surface area contributed by atoms with Crippen LogP contribution in [-0.4, -0.2) is 51.7 Å². The molecular formula is C21H27Cl2N5O2S. The molecule has 0 spiro atoms. The number of anilines is 2. The number of carbonyl (C=O) groups is 1. The van der Waals surface area contributed by atoms with Crippen LogP contribution in [0, 0.1) is 0 Å². The van der Waals surface area contributed by atoms with E-state index in [-0.39, 0.29) is 17.3 Å². The van der Waals surface area contributed by atoms with Crippen LogP contribution in [0.2, 0.25) is 10.0 Å². The Labute approximate surface area is 196 Å². The zero-order valence-corrected chi connectivity index (χ0v) is 19.8. The molecule has 0 saturated carbocycles. The standard InChI is InChI=1S/C21H27Cl2N5O2S/c1-14(19(29)24-17-11-15(22)10-16(23)12-17)31-21-26-25-20(27-7-3-2-4-8-27)28(21)13-18-6-5-9-30-18/h10-12,14,18H,2-9,13H2,1H3,(H,24,29)/t14-,18-/m1/s1. The average Bonchev–Trinajstić information content (AvgIpc) is 3.39. The number of carbonyl (C=O) groups excluding carboxylic acids is 1. The van der Waals surface area contributed by atoms with Gasteiger partial charge in [0.1, 0.15) is 0 Å². The first-order valence-electron chi connectivity index (χ1n) is 10.7. The van der Waals surface area contributed by atoms with Gasteiger partial charge in [-0.15, -0.1) is 10.2 Å². The van der Waals surface area contributed by atoms with Crippen molar-refractivity contribution in [3.8, 4) is 0 Å². The molecule has 4 rings (SSSR count). The van der Waals surface area contributed by atoms with Gasteiger partial charge in [0.05, 0.1) is 17.9 Å². The fourth-order valence-electron chi connectivity index (χ4n) is 3.93. The maximum absolute atomic E-state index is 12.8. The molecule has 7 nitrogen and oxygen atoms in total. The fourth-order valence-corrected chi connectivity index (χ4v) is 5.31. The van der Waals surface area contributed by atoms with Crippen LogP contribution < -0.4 is 10.2 Å². The molecular weight excluding hydrogens is 457 g/mol. The molecule has 2 saturated heterocycles. The SMILES string of the molecule is C[C@@H](Sc1nnc(N2CCCCC2)n1C[C@H]1CCCO1)C(=O)Nc1cc(Cl)cc(Cl)c1. The number of hydrogen-bond acceptors (Lipinski definition) is 6. The van der Waals surface area contributed by atoms with E-state index >= 15 is 0 Å². The Morgan fingerprint density at radius 2 is 1.94 bits per heavy atom. The minimum absolute atomic E-state index is 0.144. The number of hydrogen-bond donors (Lipinski definition) is 1. The summed E-state index contributed by atoms with van der Waals surface area (Å²) >= 11 is 13.5. The molecule has 0 unspecified atom stereocenters. The van der Waals surface area contributed by atoms with Crippen LogP contribution in [-0.2, 0) is 16.1 Å². The molecule has 1 aromatic heterocycles. The third-order valence-corrected chi connectivity index (χ3v) is 7.04. The lowest BCUT2D eigenvalue weighted by atomic mass is 10.1. The third-order valence-electron chi connectivity index (χ3n) is 5.53. The number of nitrogens with one attached hydrogen (secondary N) is 1. The summed E-state index contributed by atoms with van der Waals surface area (Å²) in [5.41, 5.74) is 0.574. The predicted octanol–water partition coefficient (Wildman–Crippen LogP) is 4.87. The Morgan fingerprint density at radius 3 is 2.61 bits per heavy atom. The molecule has 31 heavy (non-hydrogen) atoms. The van der Waals surface area contributed by atoms with Gasteiger partial charge in [-0.25, -0.2) is 0 Å². The maximum atomic E-state index is 12.8. The Bertz CT molecular complexity index is 893. The summed E-state index contributed by atoms with van der Waals surface area (Å²) in [6.45, 7) is 5.34. The van der Waals surface area contributed by atoms with E-state index in [9.17, 15) is 4.79 Å². The topological polar surface area (TPSA) is 72.3 Å². The summed E-state index contributed by atoms with van der Waals surface area (Å²) in [6.07, 6.45) is 5.86. The number of thioether (sulfide) groups is 1. The summed E-state index contributed by atoms with van der Waals surface area (Å²) in [7, 11) is 0. The first-order valence-corrected chi connectivity index (χ1v) is 12.4. The van der Waals surface area contributed by atoms with Gasteiger partial charge in [-0.3, -0.25) is 9.36 Å². The van der Waals surface area contributed by atoms with Crippen molar-refractivity contribution in [2.24, 2.45) is 0 Å². The number of halogens is 2. The third kappa shape index (κ3) is 5.86. The molecule has 0 aliphatic carbocycles. The Hall–Kier alpha value is -1.48. The second kappa shape index (κ2) is 10.4. The monoisotopic (exact) mass is 483 g/mol. The predicted molar refractivity (Wildman–Crippen MR) is 125 cm³/mol. The largest absolute Gasteiger partial charge is 0.376 e. The first kappa shape index (κ1) is 22.7. The van der Waals surface area contributed by atoms with Crippen molar-refractivity contribution in [3.05, 3.63) is 28.2 Å². The van der Waals surface area contributed by atoms with E-state index in [0.29, 0.717) is 22.3 Å². The smallest absolute Gasteiger partial charge is 0.237 e. The highest BCUT2D eigenvalue weighted by Gasteiger charge is 2.27. The van der Waals surface area contributed by atoms with Gasteiger partial charge in [-0.1, -0.05) is 35.0 Å². The van der Waals surface area contributed by atoms with Gasteiger partial charge in [0, 0.05) is 35.4 Å². The molecule has 0 radical (unpaired) electrons. The Morgan fingerprint density at radius 1 is 1.19 bits per heavy atom. The number of ether oxygens (including phenoxy) is 1. The van der Waals surface area contributed by atoms with Gasteiger partial charge in [0.15, 0.2) is 5.16 Å². The van der Waals surface area contributed by atoms with Crippen molar-refractivity contribution in [1.82, 2.24) is 14.8 Å². The molecule has 3 heterocycles. The van der Waals surface area contributed by atoms with Crippen LogP contribution in [0.5, 0.6) is 0 Å². The molecule has 2 fully saturated rings. The molecule has 168 valence electrons. The zero-order chi connectivity index (χ0) is 21.8. The first-order chi connectivity index (χ1) is 15.0. The van der Waals surface area contributed by atoms with Crippen LogP contribution in [0.3, 0.4) is 0 Å². The fraction of sp³-hybridized carbons (Fsp3) is 0.571. The summed E-state index contributed by atoms with van der Waals surface area (Å²) in [4.78, 5) is 15.1. The van der Waals surface area contributed by atoms with Gasteiger partial charge >= 0.3 is 0 Å². The number of rotatable bonds is 7. The van der Waals surface area contributed by atoms with E-state index in [0.717, 1.165) is 56.5 Å². The highest BCUT2D eigenvalue weighted by atomic mass is 35.5. The zero-order valence-electron chi connectivity index (χ0n) is 17.5. The molecule has 2 aliphatic rings. The van der Waals surface area contributed by atoms with Crippen molar-refractivity contribution in [2.45, 2.75) is 62.1 Å². The van der Waals surface area contributed by atoms with Crippen LogP contribution in [0.1, 0.15) is 39.0 Å². The Balaban J connectivity index is 1.49. The maximum Gasteiger partial charge on any atom is 0.237 e. The van der Waals surface area contributed by atoms with E-state index < -0.39 is 0 Å². The van der Waals surface area contributed by atoms with Crippen molar-refractivity contribution in [3.63, 3.8) is 0 Å². The molecule has 2 aliphatic heterocycles. The average molecular weight is 484 g/mol. The highest BCUT2D eigenvalue weighted by molar-refractivity contribution is 8.00. The van der Waals surface area contributed by atoms with Gasteiger partial charge < -0.3 is 15.0 Å². The van der Waals surface area contributed by atoms with Crippen molar-refractivity contribution in [2.75, 3.05) is 29.9 Å². The minimum Gasteiger partial charge on any atom is -0.376 e. The lowest BCUT2D eigenvalue weighted by Crippen LogP contribution is -2.33. The van der Waals surface area contributed by atoms with E-state index in [1.807, 2.05) is 6.92 Å². The van der Waals surface area contributed by atoms with Crippen molar-refractivity contribution in [1.29, 1.82) is 0 Å². The number of amides is 1. The van der Waals surface area contributed by atoms with Crippen molar-refractivity contribution < 1.29 is 9.53 Å². The second-order valence-corrected chi connectivity index (χ2v) is 10.2. The highest BCUT2D eigenvalue weighted by Crippen LogP contribution is 2.30. The Kier molecular flexibility index (Phi) is 7.63. The second-order valence-electron chi connectivity index (χ2n) is 7.98. The van der Waals surface area contributed by atoms with E-state index in [1.165, 1.54) is 18.2 Å². The minimum atomic E-state index is -0.376. The van der Waals surface area contributed by atoms with E-state index in [4.69, 9.17) is 27.9 Å². The number of nitrogens with zero attached hydrogens (tertiary/aromatic N) is 4. The quantitative estimate of drug-likeness (QED) is 0.566. The van der Waals surface area contributed by atoms with Gasteiger partial charge in [-0.05, 0) is 57.2 Å². The molecule has 1 amide bonds. The van der Waals surface area contributed by atoms with Gasteiger partial charge in [0.2, 0.25) is 11.9 Å². The molecule has 1 aromatic carbocycles. The lowest BCUT2D eigenvalue weighted by Gasteiger charge is -2.28. The van der Waals surface area contributed by atoms with E-state index in [1.54, 1.807) is 18.2 Å². The van der Waals surface area contributed by atoms with Crippen LogP contribution in [0.25, 0.3) is 0 Å². The summed E-state index contributed by atoms with van der Waals surface area (Å²) in [6, 6.07) is 4.99. The molecule has 0 bridgehead atoms. The van der Waals surface area contributed by atoms with Gasteiger partial charge in [0.25, 0.3) is 0 Å². The van der Waals surface area contributed by atoms with E-state index in [2.05, 4.69) is 25.0 Å². The number of benzene rings is 1. The molecule has 2 atom stereocenters. The lowest BCUT2D eigenvalue weighted by molar-refractivity contribution is -0.115. The molecule has 10 heteroatoms. The number of aromatic nitrogens is 3. The molecule has 1 N–H and O–H groups in total. The number of piperidine rings is 1. The summed E-state index contributed by atoms with van der Waals surface area (Å²) < 4.78 is 8.00.